The zero-order valence-electron chi connectivity index (χ0n) is 13.9. The van der Waals surface area contributed by atoms with Crippen molar-refractivity contribution in [3.63, 3.8) is 0 Å². The number of rotatable bonds is 8. The van der Waals surface area contributed by atoms with E-state index in [1.807, 2.05) is 61.5 Å². The first-order chi connectivity index (χ1) is 11.6. The molecule has 0 fully saturated rings. The Kier molecular flexibility index (Phi) is 7.11. The van der Waals surface area contributed by atoms with Gasteiger partial charge in [0.15, 0.2) is 0 Å². The van der Waals surface area contributed by atoms with E-state index in [2.05, 4.69) is 10.6 Å². The number of carbonyl (C=O) groups excluding carboxylic acids is 1. The molecule has 5 nitrogen and oxygen atoms in total. The van der Waals surface area contributed by atoms with Crippen molar-refractivity contribution in [3.05, 3.63) is 65.7 Å². The van der Waals surface area contributed by atoms with Crippen molar-refractivity contribution < 1.29 is 14.6 Å². The van der Waals surface area contributed by atoms with Crippen molar-refractivity contribution in [2.75, 3.05) is 19.7 Å². The van der Waals surface area contributed by atoms with Gasteiger partial charge in [-0.2, -0.15) is 0 Å². The maximum absolute atomic E-state index is 11.7. The second kappa shape index (κ2) is 9.57. The van der Waals surface area contributed by atoms with Crippen molar-refractivity contribution in [1.82, 2.24) is 10.6 Å². The number of urea groups is 1. The van der Waals surface area contributed by atoms with Gasteiger partial charge in [0.2, 0.25) is 0 Å². The lowest BCUT2D eigenvalue weighted by molar-refractivity contribution is 0.166. The minimum Gasteiger partial charge on any atom is -0.492 e. The zero-order chi connectivity index (χ0) is 17.2. The minimum absolute atomic E-state index is 0.261. The van der Waals surface area contributed by atoms with Crippen LogP contribution in [0.1, 0.15) is 23.7 Å². The summed E-state index contributed by atoms with van der Waals surface area (Å²) in [6, 6.07) is 16.9. The second-order valence-electron chi connectivity index (χ2n) is 5.56. The van der Waals surface area contributed by atoms with E-state index in [0.29, 0.717) is 26.1 Å². The molecule has 2 aromatic rings. The number of carbonyl (C=O) groups is 1. The number of aliphatic hydroxyl groups excluding tert-OH is 1. The molecule has 2 amide bonds. The van der Waals surface area contributed by atoms with Gasteiger partial charge >= 0.3 is 6.03 Å². The molecule has 0 saturated heterocycles. The number of aryl methyl sites for hydroxylation is 1. The summed E-state index contributed by atoms with van der Waals surface area (Å²) < 4.78 is 5.53. The number of hydrogen-bond donors (Lipinski definition) is 3. The fraction of sp³-hybridized carbons (Fsp3) is 0.316. The number of aliphatic hydroxyl groups is 1. The SMILES string of the molecule is Cc1ccc(OCCNC(=O)NCCC(O)c2ccccc2)cc1. The molecule has 0 aliphatic rings. The van der Waals surface area contributed by atoms with Crippen molar-refractivity contribution in [3.8, 4) is 5.75 Å². The summed E-state index contributed by atoms with van der Waals surface area (Å²) in [6.45, 7) is 3.25. The van der Waals surface area contributed by atoms with E-state index >= 15 is 0 Å². The Balaban J connectivity index is 1.56. The van der Waals surface area contributed by atoms with E-state index in [1.165, 1.54) is 5.56 Å². The highest BCUT2D eigenvalue weighted by Crippen LogP contribution is 2.14. The lowest BCUT2D eigenvalue weighted by atomic mass is 10.1. The lowest BCUT2D eigenvalue weighted by Gasteiger charge is -2.12. The fourth-order valence-corrected chi connectivity index (χ4v) is 2.19. The molecule has 0 aromatic heterocycles. The molecular weight excluding hydrogens is 304 g/mol. The van der Waals surface area contributed by atoms with Crippen LogP contribution in [0.5, 0.6) is 5.75 Å². The van der Waals surface area contributed by atoms with Crippen LogP contribution in [0.25, 0.3) is 0 Å². The average molecular weight is 328 g/mol. The Morgan fingerprint density at radius 2 is 1.71 bits per heavy atom. The quantitative estimate of drug-likeness (QED) is 0.653. The molecule has 1 atom stereocenters. The molecule has 0 saturated carbocycles. The van der Waals surface area contributed by atoms with Crippen LogP contribution in [0.3, 0.4) is 0 Å². The van der Waals surface area contributed by atoms with Crippen LogP contribution in [-0.2, 0) is 0 Å². The third-order valence-corrected chi connectivity index (χ3v) is 3.57. The lowest BCUT2D eigenvalue weighted by Crippen LogP contribution is -2.38. The Morgan fingerprint density at radius 1 is 1.04 bits per heavy atom. The smallest absolute Gasteiger partial charge is 0.314 e. The molecular formula is C19H24N2O3. The largest absolute Gasteiger partial charge is 0.492 e. The third kappa shape index (κ3) is 6.30. The van der Waals surface area contributed by atoms with Gasteiger partial charge in [0.05, 0.1) is 12.6 Å². The maximum Gasteiger partial charge on any atom is 0.314 e. The summed E-state index contributed by atoms with van der Waals surface area (Å²) in [5, 5.41) is 15.4. The Bertz CT molecular complexity index is 614. The van der Waals surface area contributed by atoms with Crippen LogP contribution in [0.4, 0.5) is 4.79 Å². The summed E-state index contributed by atoms with van der Waals surface area (Å²) in [7, 11) is 0. The van der Waals surface area contributed by atoms with Crippen LogP contribution in [-0.4, -0.2) is 30.8 Å². The van der Waals surface area contributed by atoms with Crippen LogP contribution < -0.4 is 15.4 Å². The second-order valence-corrected chi connectivity index (χ2v) is 5.56. The topological polar surface area (TPSA) is 70.6 Å². The number of nitrogens with one attached hydrogen (secondary N) is 2. The van der Waals surface area contributed by atoms with E-state index < -0.39 is 6.10 Å². The number of hydrogen-bond acceptors (Lipinski definition) is 3. The van der Waals surface area contributed by atoms with E-state index in [-0.39, 0.29) is 6.03 Å². The molecule has 2 rings (SSSR count). The van der Waals surface area contributed by atoms with Crippen LogP contribution in [0, 0.1) is 6.92 Å². The number of benzene rings is 2. The number of ether oxygens (including phenoxy) is 1. The number of amides is 2. The summed E-state index contributed by atoms with van der Waals surface area (Å²) in [4.78, 5) is 11.7. The summed E-state index contributed by atoms with van der Waals surface area (Å²) in [6.07, 6.45) is -0.103. The molecule has 5 heteroatoms. The normalized spacial score (nSPS) is 11.6. The van der Waals surface area contributed by atoms with E-state index in [4.69, 9.17) is 4.74 Å². The molecule has 0 spiro atoms. The van der Waals surface area contributed by atoms with Gasteiger partial charge in [0, 0.05) is 6.54 Å². The van der Waals surface area contributed by atoms with Gasteiger partial charge in [-0.3, -0.25) is 0 Å². The molecule has 3 N–H and O–H groups in total. The molecule has 1 unspecified atom stereocenters. The van der Waals surface area contributed by atoms with Gasteiger partial charge in [-0.1, -0.05) is 48.0 Å². The summed E-state index contributed by atoms with van der Waals surface area (Å²) in [5.74, 6) is 0.786. The van der Waals surface area contributed by atoms with Crippen molar-refractivity contribution >= 4 is 6.03 Å². The van der Waals surface area contributed by atoms with E-state index in [1.54, 1.807) is 0 Å². The van der Waals surface area contributed by atoms with Gasteiger partial charge in [-0.05, 0) is 31.0 Å². The van der Waals surface area contributed by atoms with Gasteiger partial charge < -0.3 is 20.5 Å². The third-order valence-electron chi connectivity index (χ3n) is 3.57. The molecule has 0 radical (unpaired) electrons. The average Bonchev–Trinajstić information content (AvgIpc) is 2.61. The first kappa shape index (κ1) is 17.8. The first-order valence-electron chi connectivity index (χ1n) is 8.09. The first-order valence-corrected chi connectivity index (χ1v) is 8.09. The van der Waals surface area contributed by atoms with Gasteiger partial charge in [0.25, 0.3) is 0 Å². The van der Waals surface area contributed by atoms with Crippen LogP contribution in [0.2, 0.25) is 0 Å². The molecule has 2 aromatic carbocycles. The minimum atomic E-state index is -0.573. The standard InChI is InChI=1S/C19H24N2O3/c1-15-7-9-17(10-8-15)24-14-13-21-19(23)20-12-11-18(22)16-5-3-2-4-6-16/h2-10,18,22H,11-14H2,1H3,(H2,20,21,23). The molecule has 0 heterocycles. The zero-order valence-corrected chi connectivity index (χ0v) is 13.9. The molecule has 24 heavy (non-hydrogen) atoms. The van der Waals surface area contributed by atoms with Crippen LogP contribution in [0.15, 0.2) is 54.6 Å². The predicted octanol–water partition coefficient (Wildman–Crippen LogP) is 2.80. The Hall–Kier alpha value is -2.53. The van der Waals surface area contributed by atoms with Crippen LogP contribution >= 0.6 is 0 Å². The Labute approximate surface area is 142 Å². The Morgan fingerprint density at radius 3 is 2.42 bits per heavy atom. The maximum atomic E-state index is 11.7. The van der Waals surface area contributed by atoms with Gasteiger partial charge in [0.1, 0.15) is 12.4 Å². The van der Waals surface area contributed by atoms with Gasteiger partial charge in [-0.25, -0.2) is 4.79 Å². The van der Waals surface area contributed by atoms with Crippen molar-refractivity contribution in [1.29, 1.82) is 0 Å². The highest BCUT2D eigenvalue weighted by Gasteiger charge is 2.07. The highest BCUT2D eigenvalue weighted by molar-refractivity contribution is 5.73. The molecule has 0 bridgehead atoms. The van der Waals surface area contributed by atoms with Gasteiger partial charge in [-0.15, -0.1) is 0 Å². The van der Waals surface area contributed by atoms with Crippen molar-refractivity contribution in [2.24, 2.45) is 0 Å². The molecule has 0 aliphatic heterocycles. The van der Waals surface area contributed by atoms with E-state index in [9.17, 15) is 9.90 Å². The monoisotopic (exact) mass is 328 g/mol. The predicted molar refractivity (Wildman–Crippen MR) is 94.1 cm³/mol. The molecule has 0 aliphatic carbocycles. The molecule has 128 valence electrons. The summed E-state index contributed by atoms with van der Waals surface area (Å²) in [5.41, 5.74) is 2.03. The van der Waals surface area contributed by atoms with E-state index in [0.717, 1.165) is 11.3 Å². The fourth-order valence-electron chi connectivity index (χ4n) is 2.19. The van der Waals surface area contributed by atoms with Crippen molar-refractivity contribution in [2.45, 2.75) is 19.4 Å². The highest BCUT2D eigenvalue weighted by atomic mass is 16.5. The summed E-state index contributed by atoms with van der Waals surface area (Å²) >= 11 is 0.